The van der Waals surface area contributed by atoms with E-state index in [1.807, 2.05) is 24.3 Å². The maximum absolute atomic E-state index is 12.5. The highest BCUT2D eigenvalue weighted by Crippen LogP contribution is 2.29. The maximum Gasteiger partial charge on any atom is 0.417 e. The number of para-hydroxylation sites is 2. The number of ether oxygens (including phenoxy) is 1. The van der Waals surface area contributed by atoms with Crippen LogP contribution in [0.25, 0.3) is 11.0 Å². The molecule has 0 bridgehead atoms. The molecule has 1 fully saturated rings. The second kappa shape index (κ2) is 6.57. The van der Waals surface area contributed by atoms with E-state index >= 15 is 0 Å². The third-order valence-corrected chi connectivity index (χ3v) is 4.38. The van der Waals surface area contributed by atoms with Crippen LogP contribution >= 0.6 is 0 Å². The largest absolute Gasteiger partial charge is 0.471 e. The molecule has 9 heteroatoms. The molecule has 3 heterocycles. The van der Waals surface area contributed by atoms with Gasteiger partial charge in [-0.1, -0.05) is 12.1 Å². The van der Waals surface area contributed by atoms with Crippen molar-refractivity contribution in [2.45, 2.75) is 18.8 Å². The molecule has 1 aliphatic rings. The Hall–Kier alpha value is -3.10. The maximum atomic E-state index is 12.5. The number of halogens is 3. The van der Waals surface area contributed by atoms with Crippen LogP contribution in [0, 0.1) is 0 Å². The average molecular weight is 376 g/mol. The molecule has 6 nitrogen and oxygen atoms in total. The Morgan fingerprint density at radius 1 is 1.15 bits per heavy atom. The summed E-state index contributed by atoms with van der Waals surface area (Å²) in [4.78, 5) is 21.9. The summed E-state index contributed by atoms with van der Waals surface area (Å²) in [7, 11) is 0. The van der Waals surface area contributed by atoms with Gasteiger partial charge in [-0.25, -0.2) is 9.97 Å². The van der Waals surface area contributed by atoms with E-state index in [0.29, 0.717) is 13.1 Å². The van der Waals surface area contributed by atoms with Crippen LogP contribution < -0.4 is 4.74 Å². The van der Waals surface area contributed by atoms with Gasteiger partial charge in [-0.15, -0.1) is 0 Å². The van der Waals surface area contributed by atoms with E-state index in [1.165, 1.54) is 6.07 Å². The van der Waals surface area contributed by atoms with Crippen molar-refractivity contribution in [2.24, 2.45) is 0 Å². The van der Waals surface area contributed by atoms with Crippen LogP contribution in [-0.4, -0.2) is 44.5 Å². The van der Waals surface area contributed by atoms with Gasteiger partial charge in [0.15, 0.2) is 0 Å². The van der Waals surface area contributed by atoms with Gasteiger partial charge in [0.2, 0.25) is 11.8 Å². The number of nitrogens with zero attached hydrogens (tertiary/aromatic N) is 4. The number of aromatic nitrogens is 3. The summed E-state index contributed by atoms with van der Waals surface area (Å²) in [6.07, 6.45) is -2.34. The molecule has 1 amide bonds. The van der Waals surface area contributed by atoms with Gasteiger partial charge < -0.3 is 14.2 Å². The Morgan fingerprint density at radius 2 is 1.93 bits per heavy atom. The molecule has 3 aromatic rings. The number of alkyl halides is 3. The molecule has 0 spiro atoms. The quantitative estimate of drug-likeness (QED) is 0.703. The molecular formula is C18H15F3N4O2. The van der Waals surface area contributed by atoms with Crippen molar-refractivity contribution in [2.75, 3.05) is 13.1 Å². The standard InChI is InChI=1S/C18H15F3N4O2/c19-18(20,21)12-5-6-16(22-7-12)27-13-8-24(9-13)17(26)10-25-11-23-14-3-1-2-4-15(14)25/h1-7,11,13H,8-10H2. The van der Waals surface area contributed by atoms with E-state index in [9.17, 15) is 18.0 Å². The molecule has 0 unspecified atom stereocenters. The number of hydrogen-bond acceptors (Lipinski definition) is 4. The van der Waals surface area contributed by atoms with Crippen LogP contribution in [0.4, 0.5) is 13.2 Å². The van der Waals surface area contributed by atoms with Crippen LogP contribution in [0.5, 0.6) is 5.88 Å². The number of hydrogen-bond donors (Lipinski definition) is 0. The third-order valence-electron chi connectivity index (χ3n) is 4.38. The van der Waals surface area contributed by atoms with Gasteiger partial charge in [0.1, 0.15) is 12.6 Å². The fourth-order valence-corrected chi connectivity index (χ4v) is 2.89. The third kappa shape index (κ3) is 3.57. The summed E-state index contributed by atoms with van der Waals surface area (Å²) in [6.45, 7) is 0.911. The van der Waals surface area contributed by atoms with Crippen molar-refractivity contribution >= 4 is 16.9 Å². The topological polar surface area (TPSA) is 60.2 Å². The molecule has 0 N–H and O–H groups in total. The van der Waals surface area contributed by atoms with Gasteiger partial charge >= 0.3 is 6.18 Å². The molecular weight excluding hydrogens is 361 g/mol. The predicted octanol–water partition coefficient (Wildman–Crippen LogP) is 2.74. The Kier molecular flexibility index (Phi) is 4.21. The lowest BCUT2D eigenvalue weighted by molar-refractivity contribution is -0.141. The van der Waals surface area contributed by atoms with Gasteiger partial charge in [0.05, 0.1) is 36.0 Å². The lowest BCUT2D eigenvalue weighted by atomic mass is 10.1. The predicted molar refractivity (Wildman–Crippen MR) is 90.0 cm³/mol. The van der Waals surface area contributed by atoms with Crippen molar-refractivity contribution in [3.8, 4) is 5.88 Å². The summed E-state index contributed by atoms with van der Waals surface area (Å²) in [5, 5.41) is 0. The summed E-state index contributed by atoms with van der Waals surface area (Å²) >= 11 is 0. The molecule has 1 aromatic carbocycles. The first-order valence-corrected chi connectivity index (χ1v) is 8.28. The number of carbonyl (C=O) groups is 1. The molecule has 27 heavy (non-hydrogen) atoms. The van der Waals surface area contributed by atoms with Crippen molar-refractivity contribution in [3.05, 3.63) is 54.5 Å². The van der Waals surface area contributed by atoms with Crippen molar-refractivity contribution in [1.82, 2.24) is 19.4 Å². The van der Waals surface area contributed by atoms with E-state index in [2.05, 4.69) is 9.97 Å². The van der Waals surface area contributed by atoms with E-state index in [4.69, 9.17) is 4.74 Å². The first kappa shape index (κ1) is 17.3. The van der Waals surface area contributed by atoms with Crippen molar-refractivity contribution < 1.29 is 22.7 Å². The SMILES string of the molecule is O=C(Cn1cnc2ccccc21)N1CC(Oc2ccc(C(F)(F)F)cn2)C1. The summed E-state index contributed by atoms with van der Waals surface area (Å²) < 4.78 is 44.9. The molecule has 0 saturated carbocycles. The van der Waals surface area contributed by atoms with E-state index in [1.54, 1.807) is 15.8 Å². The summed E-state index contributed by atoms with van der Waals surface area (Å²) in [5.41, 5.74) is 0.879. The Morgan fingerprint density at radius 3 is 2.63 bits per heavy atom. The lowest BCUT2D eigenvalue weighted by Crippen LogP contribution is -2.56. The van der Waals surface area contributed by atoms with Gasteiger partial charge in [-0.3, -0.25) is 4.79 Å². The molecule has 0 atom stereocenters. The number of pyridine rings is 1. The average Bonchev–Trinajstić information content (AvgIpc) is 3.00. The van der Waals surface area contributed by atoms with Crippen molar-refractivity contribution in [3.63, 3.8) is 0 Å². The first-order valence-electron chi connectivity index (χ1n) is 8.28. The zero-order chi connectivity index (χ0) is 19.0. The normalized spacial score (nSPS) is 15.0. The molecule has 4 rings (SSSR count). The smallest absolute Gasteiger partial charge is 0.417 e. The Labute approximate surface area is 152 Å². The van der Waals surface area contributed by atoms with Gasteiger partial charge in [-0.2, -0.15) is 13.2 Å². The highest BCUT2D eigenvalue weighted by Gasteiger charge is 2.33. The number of rotatable bonds is 4. The molecule has 140 valence electrons. The molecule has 1 aliphatic heterocycles. The van der Waals surface area contributed by atoms with E-state index in [0.717, 1.165) is 23.3 Å². The second-order valence-electron chi connectivity index (χ2n) is 6.28. The van der Waals surface area contributed by atoms with E-state index < -0.39 is 11.7 Å². The summed E-state index contributed by atoms with van der Waals surface area (Å²) in [5.74, 6) is 0.0408. The monoisotopic (exact) mass is 376 g/mol. The number of benzene rings is 1. The van der Waals surface area contributed by atoms with Crippen LogP contribution in [0.2, 0.25) is 0 Å². The minimum atomic E-state index is -4.43. The minimum Gasteiger partial charge on any atom is -0.471 e. The number of fused-ring (bicyclic) bond motifs is 1. The Bertz CT molecular complexity index is 963. The van der Waals surface area contributed by atoms with Crippen LogP contribution in [0.15, 0.2) is 48.9 Å². The number of imidazole rings is 1. The molecule has 0 aliphatic carbocycles. The molecule has 1 saturated heterocycles. The number of likely N-dealkylation sites (tertiary alicyclic amines) is 1. The van der Waals surface area contributed by atoms with Gasteiger partial charge in [0, 0.05) is 12.3 Å². The highest BCUT2D eigenvalue weighted by atomic mass is 19.4. The van der Waals surface area contributed by atoms with Crippen LogP contribution in [0.1, 0.15) is 5.56 Å². The minimum absolute atomic E-state index is 0.0709. The number of carbonyl (C=O) groups excluding carboxylic acids is 1. The first-order chi connectivity index (χ1) is 12.9. The van der Waals surface area contributed by atoms with Gasteiger partial charge in [0.25, 0.3) is 0 Å². The summed E-state index contributed by atoms with van der Waals surface area (Å²) in [6, 6.07) is 9.65. The molecule has 0 radical (unpaired) electrons. The zero-order valence-corrected chi connectivity index (χ0v) is 14.1. The lowest BCUT2D eigenvalue weighted by Gasteiger charge is -2.38. The fraction of sp³-hybridized carbons (Fsp3) is 0.278. The van der Waals surface area contributed by atoms with Crippen LogP contribution in [0.3, 0.4) is 0 Å². The fourth-order valence-electron chi connectivity index (χ4n) is 2.89. The van der Waals surface area contributed by atoms with Gasteiger partial charge in [-0.05, 0) is 18.2 Å². The Balaban J connectivity index is 1.31. The van der Waals surface area contributed by atoms with Crippen molar-refractivity contribution in [1.29, 1.82) is 0 Å². The second-order valence-corrected chi connectivity index (χ2v) is 6.28. The molecule has 2 aromatic heterocycles. The highest BCUT2D eigenvalue weighted by molar-refractivity contribution is 5.81. The number of amides is 1. The van der Waals surface area contributed by atoms with Crippen LogP contribution in [-0.2, 0) is 17.5 Å². The zero-order valence-electron chi connectivity index (χ0n) is 14.1. The van der Waals surface area contributed by atoms with E-state index in [-0.39, 0.29) is 24.4 Å².